The van der Waals surface area contributed by atoms with Crippen LogP contribution in [0.1, 0.15) is 68.2 Å². The van der Waals surface area contributed by atoms with Gasteiger partial charge in [-0.3, -0.25) is 9.59 Å². The second-order valence-electron chi connectivity index (χ2n) is 8.34. The van der Waals surface area contributed by atoms with E-state index in [2.05, 4.69) is 30.4 Å². The van der Waals surface area contributed by atoms with E-state index in [0.717, 1.165) is 45.2 Å². The molecule has 1 saturated heterocycles. The van der Waals surface area contributed by atoms with Gasteiger partial charge in [-0.2, -0.15) is 0 Å². The maximum absolute atomic E-state index is 12.7. The standard InChI is InChI=1S/C22H30N2O2/c1-15(19-9-6-16-4-2-3-5-20(16)14-19)23-21(25)17-10-12-24(13-11-17)22(26)18-7-8-18/h6,9,14-15,17-18H,2-5,7-8,10-13H2,1H3,(H,23,25). The number of carbonyl (C=O) groups is 2. The Bertz CT molecular complexity index is 687. The number of nitrogens with one attached hydrogen (secondary N) is 1. The summed E-state index contributed by atoms with van der Waals surface area (Å²) in [5.41, 5.74) is 4.15. The van der Waals surface area contributed by atoms with Gasteiger partial charge in [0.2, 0.25) is 11.8 Å². The third kappa shape index (κ3) is 3.79. The number of hydrogen-bond acceptors (Lipinski definition) is 2. The molecule has 4 rings (SSSR count). The number of likely N-dealkylation sites (tertiary alicyclic amines) is 1. The minimum absolute atomic E-state index is 0.0401. The van der Waals surface area contributed by atoms with E-state index < -0.39 is 0 Å². The fraction of sp³-hybridized carbons (Fsp3) is 0.636. The Balaban J connectivity index is 1.31. The molecule has 1 aromatic carbocycles. The topological polar surface area (TPSA) is 49.4 Å². The van der Waals surface area contributed by atoms with Crippen LogP contribution in [0, 0.1) is 11.8 Å². The van der Waals surface area contributed by atoms with Gasteiger partial charge in [0.25, 0.3) is 0 Å². The molecule has 1 aliphatic heterocycles. The van der Waals surface area contributed by atoms with Crippen LogP contribution >= 0.6 is 0 Å². The van der Waals surface area contributed by atoms with E-state index in [1.807, 2.05) is 4.90 Å². The van der Waals surface area contributed by atoms with E-state index in [1.165, 1.54) is 36.0 Å². The van der Waals surface area contributed by atoms with E-state index in [0.29, 0.717) is 5.91 Å². The van der Waals surface area contributed by atoms with Crippen molar-refractivity contribution >= 4 is 11.8 Å². The van der Waals surface area contributed by atoms with E-state index in [9.17, 15) is 9.59 Å². The fourth-order valence-electron chi connectivity index (χ4n) is 4.39. The van der Waals surface area contributed by atoms with Gasteiger partial charge in [-0.1, -0.05) is 18.2 Å². The van der Waals surface area contributed by atoms with Gasteiger partial charge in [-0.15, -0.1) is 0 Å². The first-order valence-electron chi connectivity index (χ1n) is 10.3. The molecule has 0 bridgehead atoms. The van der Waals surface area contributed by atoms with E-state index in [1.54, 1.807) is 0 Å². The molecule has 2 amide bonds. The molecule has 2 fully saturated rings. The number of benzene rings is 1. The predicted octanol–water partition coefficient (Wildman–Crippen LogP) is 3.39. The molecule has 26 heavy (non-hydrogen) atoms. The zero-order valence-corrected chi connectivity index (χ0v) is 15.8. The van der Waals surface area contributed by atoms with Crippen LogP contribution in [0.3, 0.4) is 0 Å². The second kappa shape index (κ2) is 7.42. The lowest BCUT2D eigenvalue weighted by Gasteiger charge is -2.32. The van der Waals surface area contributed by atoms with Crippen LogP contribution in [-0.2, 0) is 22.4 Å². The van der Waals surface area contributed by atoms with Crippen molar-refractivity contribution < 1.29 is 9.59 Å². The molecule has 1 heterocycles. The van der Waals surface area contributed by atoms with Gasteiger partial charge in [0.15, 0.2) is 0 Å². The maximum Gasteiger partial charge on any atom is 0.225 e. The molecule has 2 aliphatic carbocycles. The third-order valence-electron chi connectivity index (χ3n) is 6.34. The summed E-state index contributed by atoms with van der Waals surface area (Å²) in [7, 11) is 0. The normalized spacial score (nSPS) is 21.8. The summed E-state index contributed by atoms with van der Waals surface area (Å²) >= 11 is 0. The average molecular weight is 354 g/mol. The first kappa shape index (κ1) is 17.6. The monoisotopic (exact) mass is 354 g/mol. The zero-order valence-electron chi connectivity index (χ0n) is 15.8. The molecular formula is C22H30N2O2. The molecule has 4 nitrogen and oxygen atoms in total. The average Bonchev–Trinajstić information content (AvgIpc) is 3.52. The first-order chi connectivity index (χ1) is 12.6. The summed E-state index contributed by atoms with van der Waals surface area (Å²) in [4.78, 5) is 26.8. The minimum Gasteiger partial charge on any atom is -0.349 e. The molecular weight excluding hydrogens is 324 g/mol. The lowest BCUT2D eigenvalue weighted by molar-refractivity contribution is -0.136. The summed E-state index contributed by atoms with van der Waals surface area (Å²) in [5.74, 6) is 0.780. The van der Waals surface area contributed by atoms with Gasteiger partial charge in [0, 0.05) is 24.9 Å². The number of amides is 2. The van der Waals surface area contributed by atoms with Crippen LogP contribution in [-0.4, -0.2) is 29.8 Å². The van der Waals surface area contributed by atoms with E-state index in [-0.39, 0.29) is 23.8 Å². The molecule has 4 heteroatoms. The quantitative estimate of drug-likeness (QED) is 0.901. The Morgan fingerprint density at radius 2 is 1.69 bits per heavy atom. The number of piperidine rings is 1. The van der Waals surface area contributed by atoms with Crippen LogP contribution in [0.4, 0.5) is 0 Å². The first-order valence-corrected chi connectivity index (χ1v) is 10.3. The SMILES string of the molecule is CC(NC(=O)C1CCN(C(=O)C2CC2)CC1)c1ccc2c(c1)CCCC2. The van der Waals surface area contributed by atoms with E-state index >= 15 is 0 Å². The molecule has 0 radical (unpaired) electrons. The Morgan fingerprint density at radius 3 is 2.38 bits per heavy atom. The summed E-state index contributed by atoms with van der Waals surface area (Å²) < 4.78 is 0. The highest BCUT2D eigenvalue weighted by Crippen LogP contribution is 2.32. The highest BCUT2D eigenvalue weighted by Gasteiger charge is 2.36. The van der Waals surface area contributed by atoms with Crippen LogP contribution in [0.2, 0.25) is 0 Å². The van der Waals surface area contributed by atoms with Crippen molar-refractivity contribution in [2.24, 2.45) is 11.8 Å². The lowest BCUT2D eigenvalue weighted by atomic mass is 9.89. The van der Waals surface area contributed by atoms with Gasteiger partial charge in [-0.05, 0) is 75.0 Å². The Morgan fingerprint density at radius 1 is 1.00 bits per heavy atom. The number of fused-ring (bicyclic) bond motifs is 1. The highest BCUT2D eigenvalue weighted by molar-refractivity contribution is 5.82. The smallest absolute Gasteiger partial charge is 0.225 e. The zero-order chi connectivity index (χ0) is 18.1. The van der Waals surface area contributed by atoms with Crippen LogP contribution in [0.5, 0.6) is 0 Å². The molecule has 1 N–H and O–H groups in total. The van der Waals surface area contributed by atoms with E-state index in [4.69, 9.17) is 0 Å². The fourth-order valence-corrected chi connectivity index (χ4v) is 4.39. The maximum atomic E-state index is 12.7. The molecule has 3 aliphatic rings. The van der Waals surface area contributed by atoms with Crippen molar-refractivity contribution in [3.8, 4) is 0 Å². The predicted molar refractivity (Wildman–Crippen MR) is 102 cm³/mol. The summed E-state index contributed by atoms with van der Waals surface area (Å²) in [5, 5.41) is 3.21. The van der Waals surface area contributed by atoms with Crippen molar-refractivity contribution in [1.82, 2.24) is 10.2 Å². The van der Waals surface area contributed by atoms with Crippen molar-refractivity contribution in [3.63, 3.8) is 0 Å². The van der Waals surface area contributed by atoms with Crippen LogP contribution in [0.25, 0.3) is 0 Å². The number of carbonyl (C=O) groups excluding carboxylic acids is 2. The molecule has 1 unspecified atom stereocenters. The van der Waals surface area contributed by atoms with Crippen molar-refractivity contribution in [2.45, 2.75) is 64.3 Å². The van der Waals surface area contributed by atoms with Crippen molar-refractivity contribution in [1.29, 1.82) is 0 Å². The lowest BCUT2D eigenvalue weighted by Crippen LogP contribution is -2.44. The number of hydrogen-bond donors (Lipinski definition) is 1. The van der Waals surface area contributed by atoms with Crippen molar-refractivity contribution in [2.75, 3.05) is 13.1 Å². The number of rotatable bonds is 4. The van der Waals surface area contributed by atoms with Gasteiger partial charge in [0.1, 0.15) is 0 Å². The highest BCUT2D eigenvalue weighted by atomic mass is 16.2. The third-order valence-corrected chi connectivity index (χ3v) is 6.34. The molecule has 1 saturated carbocycles. The molecule has 1 aromatic rings. The van der Waals surface area contributed by atoms with Gasteiger partial charge in [-0.25, -0.2) is 0 Å². The summed E-state index contributed by atoms with van der Waals surface area (Å²) in [6.45, 7) is 3.55. The minimum atomic E-state index is 0.0401. The Labute approximate surface area is 156 Å². The van der Waals surface area contributed by atoms with Gasteiger partial charge < -0.3 is 10.2 Å². The van der Waals surface area contributed by atoms with Crippen LogP contribution < -0.4 is 5.32 Å². The number of nitrogens with zero attached hydrogens (tertiary/aromatic N) is 1. The van der Waals surface area contributed by atoms with Crippen LogP contribution in [0.15, 0.2) is 18.2 Å². The molecule has 1 atom stereocenters. The molecule has 0 spiro atoms. The van der Waals surface area contributed by atoms with Gasteiger partial charge >= 0.3 is 0 Å². The largest absolute Gasteiger partial charge is 0.349 e. The number of aryl methyl sites for hydroxylation is 2. The summed E-state index contributed by atoms with van der Waals surface area (Å²) in [6.07, 6.45) is 8.61. The Hall–Kier alpha value is -1.84. The second-order valence-corrected chi connectivity index (χ2v) is 8.34. The molecule has 0 aromatic heterocycles. The summed E-state index contributed by atoms with van der Waals surface area (Å²) in [6, 6.07) is 6.75. The Kier molecular flexibility index (Phi) is 5.01. The van der Waals surface area contributed by atoms with Crippen molar-refractivity contribution in [3.05, 3.63) is 34.9 Å². The van der Waals surface area contributed by atoms with Gasteiger partial charge in [0.05, 0.1) is 6.04 Å². The molecule has 140 valence electrons.